The Bertz CT molecular complexity index is 2000. The summed E-state index contributed by atoms with van der Waals surface area (Å²) in [6.45, 7) is 6.89. The number of nitrogens with one attached hydrogen (secondary N) is 5. The third-order valence-electron chi connectivity index (χ3n) is 9.06. The average Bonchev–Trinajstić information content (AvgIpc) is 3.73. The normalized spacial score (nSPS) is 17.4. The van der Waals surface area contributed by atoms with Crippen LogP contribution in [0.4, 0.5) is 22.4 Å². The highest BCUT2D eigenvalue weighted by Gasteiger charge is 2.47. The predicted octanol–water partition coefficient (Wildman–Crippen LogP) is 6.51. The number of hydrogen-bond donors (Lipinski definition) is 5. The van der Waals surface area contributed by atoms with Gasteiger partial charge in [-0.1, -0.05) is 73.7 Å². The summed E-state index contributed by atoms with van der Waals surface area (Å²) in [5, 5.41) is 13.3. The summed E-state index contributed by atoms with van der Waals surface area (Å²) in [6.07, 6.45) is -4.69. The largest absolute Gasteiger partial charge is 0.461 e. The third kappa shape index (κ3) is 8.93. The van der Waals surface area contributed by atoms with E-state index in [9.17, 15) is 36.7 Å². The fourth-order valence-corrected chi connectivity index (χ4v) is 8.01. The zero-order chi connectivity index (χ0) is 38.7. The lowest BCUT2D eigenvalue weighted by molar-refractivity contribution is -0.136. The van der Waals surface area contributed by atoms with Crippen LogP contribution in [0.15, 0.2) is 47.8 Å². The maximum absolute atomic E-state index is 14.6. The second-order valence-corrected chi connectivity index (χ2v) is 16.0. The van der Waals surface area contributed by atoms with Crippen molar-refractivity contribution >= 4 is 68.6 Å². The van der Waals surface area contributed by atoms with Gasteiger partial charge in [-0.05, 0) is 43.4 Å². The number of aromatic nitrogens is 2. The Labute approximate surface area is 320 Å². The molecule has 284 valence electrons. The topological polar surface area (TPSA) is 154 Å². The number of esters is 1. The van der Waals surface area contributed by atoms with E-state index in [1.54, 1.807) is 26.8 Å². The summed E-state index contributed by atoms with van der Waals surface area (Å²) in [6, 6.07) is 7.09. The molecular weight excluding hydrogens is 831 g/mol. The molecule has 0 saturated heterocycles. The van der Waals surface area contributed by atoms with Crippen molar-refractivity contribution in [1.82, 2.24) is 31.2 Å². The number of aryl methyl sites for hydroxylation is 1. The Hall–Kier alpha value is -4.26. The molecule has 53 heavy (non-hydrogen) atoms. The highest BCUT2D eigenvalue weighted by atomic mass is 127. The molecular formula is C36H39F4IN6O5S. The maximum atomic E-state index is 14.6. The van der Waals surface area contributed by atoms with E-state index in [2.05, 4.69) is 53.8 Å². The number of carbonyl (C=O) groups excluding carboxylic acids is 4. The fraction of sp³-hybridized carbons (Fsp3) is 0.417. The van der Waals surface area contributed by atoms with Gasteiger partial charge in [-0.3, -0.25) is 9.59 Å². The van der Waals surface area contributed by atoms with Gasteiger partial charge in [-0.25, -0.2) is 19.0 Å². The van der Waals surface area contributed by atoms with Crippen LogP contribution in [-0.4, -0.2) is 55.9 Å². The van der Waals surface area contributed by atoms with Crippen LogP contribution in [0, 0.1) is 11.7 Å². The monoisotopic (exact) mass is 870 g/mol. The zero-order valence-electron chi connectivity index (χ0n) is 29.3. The van der Waals surface area contributed by atoms with E-state index in [1.165, 1.54) is 35.7 Å². The van der Waals surface area contributed by atoms with E-state index in [4.69, 9.17) is 4.74 Å². The number of fused-ring (bicyclic) bond motifs is 3. The van der Waals surface area contributed by atoms with Gasteiger partial charge in [0.2, 0.25) is 11.8 Å². The summed E-state index contributed by atoms with van der Waals surface area (Å²) >= 11 is 3.26. The van der Waals surface area contributed by atoms with E-state index in [1.807, 2.05) is 6.92 Å². The summed E-state index contributed by atoms with van der Waals surface area (Å²) in [5.74, 6) is -2.93. The lowest BCUT2D eigenvalue weighted by Crippen LogP contribution is -2.65. The number of thiazole rings is 1. The van der Waals surface area contributed by atoms with Crippen LogP contribution < -0.4 is 21.3 Å². The van der Waals surface area contributed by atoms with Crippen LogP contribution in [0.5, 0.6) is 0 Å². The van der Waals surface area contributed by atoms with E-state index < -0.39 is 64.9 Å². The molecule has 0 bridgehead atoms. The van der Waals surface area contributed by atoms with Crippen LogP contribution in [0.2, 0.25) is 0 Å². The Morgan fingerprint density at radius 1 is 1.08 bits per heavy atom. The SMILES string of the molecule is CCOC(=O)c1csc([C@@H](NC(=O)[C@@]2(NC(=O)[C@@H](NC(=O)NCc3ccccc3F)C(C)C)CCc3[nH]c4c(C(F)(F)F)cccc4c3C2)[C@@H](C)I)n1. The van der Waals surface area contributed by atoms with Crippen LogP contribution >= 0.6 is 33.9 Å². The Kier molecular flexibility index (Phi) is 12.4. The van der Waals surface area contributed by atoms with Crippen molar-refractivity contribution in [2.45, 2.75) is 81.2 Å². The minimum Gasteiger partial charge on any atom is -0.461 e. The quantitative estimate of drug-likeness (QED) is 0.0474. The van der Waals surface area contributed by atoms with Crippen LogP contribution in [0.1, 0.15) is 78.0 Å². The number of para-hydroxylation sites is 1. The minimum absolute atomic E-state index is 0.00430. The molecule has 2 aromatic heterocycles. The second-order valence-electron chi connectivity index (χ2n) is 13.1. The van der Waals surface area contributed by atoms with Crippen molar-refractivity contribution in [2.75, 3.05) is 6.61 Å². The number of amides is 4. The smallest absolute Gasteiger partial charge is 0.418 e. The van der Waals surface area contributed by atoms with E-state index >= 15 is 0 Å². The number of rotatable bonds is 12. The van der Waals surface area contributed by atoms with Gasteiger partial charge in [0.15, 0.2) is 5.69 Å². The van der Waals surface area contributed by atoms with E-state index in [-0.39, 0.29) is 58.5 Å². The number of nitrogens with zero attached hydrogens (tertiary/aromatic N) is 1. The van der Waals surface area contributed by atoms with Crippen LogP contribution in [0.3, 0.4) is 0 Å². The number of H-pyrrole nitrogens is 1. The summed E-state index contributed by atoms with van der Waals surface area (Å²) in [4.78, 5) is 61.4. The van der Waals surface area contributed by atoms with Gasteiger partial charge in [-0.2, -0.15) is 13.2 Å². The molecule has 0 saturated carbocycles. The highest BCUT2D eigenvalue weighted by molar-refractivity contribution is 14.1. The first-order valence-corrected chi connectivity index (χ1v) is 19.0. The van der Waals surface area contributed by atoms with Crippen molar-refractivity contribution in [3.8, 4) is 0 Å². The van der Waals surface area contributed by atoms with Gasteiger partial charge in [-0.15, -0.1) is 11.3 Å². The first-order chi connectivity index (χ1) is 25.0. The van der Waals surface area contributed by atoms with Crippen LogP contribution in [-0.2, 0) is 39.9 Å². The number of halogens is 5. The molecule has 1 aliphatic carbocycles. The van der Waals surface area contributed by atoms with Gasteiger partial charge >= 0.3 is 18.2 Å². The number of alkyl halides is 4. The van der Waals surface area contributed by atoms with Gasteiger partial charge in [0.25, 0.3) is 0 Å². The van der Waals surface area contributed by atoms with Crippen molar-refractivity contribution in [1.29, 1.82) is 0 Å². The molecule has 0 unspecified atom stereocenters. The first-order valence-electron chi connectivity index (χ1n) is 16.9. The van der Waals surface area contributed by atoms with Crippen molar-refractivity contribution in [3.05, 3.63) is 86.7 Å². The number of hydrogen-bond acceptors (Lipinski definition) is 7. The van der Waals surface area contributed by atoms with Crippen LogP contribution in [0.25, 0.3) is 10.9 Å². The third-order valence-corrected chi connectivity index (χ3v) is 10.7. The molecule has 5 N–H and O–H groups in total. The number of carbonyl (C=O) groups is 4. The standard InChI is InChI=1S/C36H39F4IN6O5S/c1-5-52-32(49)26-17-53-31(44-26)28(19(4)41)45-33(50)35(14-13-25-22(15-35)21-10-8-11-23(29(21)43-25)36(38,39)40)47-30(48)27(18(2)3)46-34(51)42-16-20-9-6-7-12-24(20)37/h6-12,17-19,27-28,43H,5,13-16H2,1-4H3,(H,45,50)(H,47,48)(H2,42,46,51)/t19-,27+,28+,35-/m1/s1. The van der Waals surface area contributed by atoms with Gasteiger partial charge in [0.1, 0.15) is 22.4 Å². The number of ether oxygens (including phenoxy) is 1. The molecule has 0 aliphatic heterocycles. The van der Waals surface area contributed by atoms with E-state index in [0.29, 0.717) is 16.3 Å². The Balaban J connectivity index is 1.47. The van der Waals surface area contributed by atoms with Crippen molar-refractivity contribution in [2.24, 2.45) is 5.92 Å². The van der Waals surface area contributed by atoms with Crippen molar-refractivity contribution < 1.29 is 41.5 Å². The molecule has 2 aromatic carbocycles. The number of aromatic amines is 1. The van der Waals surface area contributed by atoms with Gasteiger partial charge in [0.05, 0.1) is 23.7 Å². The van der Waals surface area contributed by atoms with Gasteiger partial charge < -0.3 is 31.0 Å². The lowest BCUT2D eigenvalue weighted by Gasteiger charge is -2.39. The van der Waals surface area contributed by atoms with Gasteiger partial charge in [0, 0.05) is 38.9 Å². The molecule has 4 aromatic rings. The molecule has 0 radical (unpaired) electrons. The van der Waals surface area contributed by atoms with Crippen molar-refractivity contribution in [3.63, 3.8) is 0 Å². The Morgan fingerprint density at radius 3 is 2.47 bits per heavy atom. The molecule has 0 spiro atoms. The number of urea groups is 1. The molecule has 4 amide bonds. The van der Waals surface area contributed by atoms with E-state index in [0.717, 1.165) is 17.4 Å². The maximum Gasteiger partial charge on any atom is 0.418 e. The molecule has 17 heteroatoms. The molecule has 11 nitrogen and oxygen atoms in total. The predicted molar refractivity (Wildman–Crippen MR) is 199 cm³/mol. The highest BCUT2D eigenvalue weighted by Crippen LogP contribution is 2.40. The number of benzene rings is 2. The molecule has 1 aliphatic rings. The fourth-order valence-electron chi connectivity index (χ4n) is 6.30. The molecule has 5 rings (SSSR count). The average molecular weight is 871 g/mol. The molecule has 4 atom stereocenters. The summed E-state index contributed by atoms with van der Waals surface area (Å²) < 4.78 is 61.0. The minimum atomic E-state index is -4.64. The second kappa shape index (κ2) is 16.4. The summed E-state index contributed by atoms with van der Waals surface area (Å²) in [5.41, 5.74) is -1.38. The molecule has 2 heterocycles. The summed E-state index contributed by atoms with van der Waals surface area (Å²) in [7, 11) is 0. The molecule has 0 fully saturated rings. The Morgan fingerprint density at radius 2 is 1.81 bits per heavy atom. The first kappa shape index (κ1) is 39.9. The lowest BCUT2D eigenvalue weighted by atomic mass is 9.78. The zero-order valence-corrected chi connectivity index (χ0v) is 32.2.